The Bertz CT molecular complexity index is 453. The third kappa shape index (κ3) is 1.02. The summed E-state index contributed by atoms with van der Waals surface area (Å²) in [5.41, 5.74) is 0.794. The Morgan fingerprint density at radius 1 is 1.21 bits per heavy atom. The Labute approximate surface area is 79.3 Å². The van der Waals surface area contributed by atoms with E-state index in [0.29, 0.717) is 11.6 Å². The molecular formula is C9H5N2O3. The summed E-state index contributed by atoms with van der Waals surface area (Å²) < 4.78 is 15.3. The average molecular weight is 189 g/mol. The molecule has 1 radical (unpaired) electrons. The van der Waals surface area contributed by atoms with Gasteiger partial charge < -0.3 is 13.9 Å². The van der Waals surface area contributed by atoms with Crippen molar-refractivity contribution < 1.29 is 13.9 Å². The second-order valence-electron chi connectivity index (χ2n) is 2.77. The number of ether oxygens (including phenoxy) is 2. The fourth-order valence-corrected chi connectivity index (χ4v) is 1.30. The minimum Gasteiger partial charge on any atom is -0.454 e. The van der Waals surface area contributed by atoms with E-state index < -0.39 is 0 Å². The first-order valence-corrected chi connectivity index (χ1v) is 4.03. The number of fused-ring (bicyclic) bond motifs is 1. The van der Waals surface area contributed by atoms with E-state index in [1.165, 1.54) is 0 Å². The van der Waals surface area contributed by atoms with Gasteiger partial charge in [0.25, 0.3) is 0 Å². The van der Waals surface area contributed by atoms with Gasteiger partial charge in [0.15, 0.2) is 11.5 Å². The fourth-order valence-electron chi connectivity index (χ4n) is 1.30. The van der Waals surface area contributed by atoms with Gasteiger partial charge in [-0.15, -0.1) is 10.2 Å². The standard InChI is InChI=1S/C9H5N2O3/c1-2-7-8(14-5-13-7)3-6(1)9-11-10-4-12-9/h1-3H,5H2. The zero-order chi connectivity index (χ0) is 9.38. The van der Waals surface area contributed by atoms with E-state index in [1.54, 1.807) is 6.07 Å². The number of aromatic nitrogens is 2. The van der Waals surface area contributed by atoms with Crippen LogP contribution in [-0.2, 0) is 0 Å². The lowest BCUT2D eigenvalue weighted by Gasteiger charge is -1.97. The van der Waals surface area contributed by atoms with Crippen molar-refractivity contribution in [1.82, 2.24) is 10.2 Å². The molecule has 1 aromatic carbocycles. The molecule has 3 rings (SSSR count). The highest BCUT2D eigenvalue weighted by Gasteiger charge is 2.15. The highest BCUT2D eigenvalue weighted by molar-refractivity contribution is 5.59. The summed E-state index contributed by atoms with van der Waals surface area (Å²) in [6, 6.07) is 5.43. The van der Waals surface area contributed by atoms with Crippen molar-refractivity contribution in [3.8, 4) is 23.0 Å². The molecule has 0 N–H and O–H groups in total. The summed E-state index contributed by atoms with van der Waals surface area (Å²) in [7, 11) is 0. The van der Waals surface area contributed by atoms with Gasteiger partial charge in [-0.2, -0.15) is 0 Å². The van der Waals surface area contributed by atoms with Crippen LogP contribution in [0.3, 0.4) is 0 Å². The second kappa shape index (κ2) is 2.73. The highest BCUT2D eigenvalue weighted by Crippen LogP contribution is 2.35. The second-order valence-corrected chi connectivity index (χ2v) is 2.77. The van der Waals surface area contributed by atoms with Crippen molar-refractivity contribution >= 4 is 0 Å². The summed E-state index contributed by atoms with van der Waals surface area (Å²) in [5, 5.41) is 7.22. The molecule has 1 aromatic heterocycles. The van der Waals surface area contributed by atoms with Gasteiger partial charge in [0.2, 0.25) is 12.7 Å². The fraction of sp³-hybridized carbons (Fsp3) is 0.111. The van der Waals surface area contributed by atoms with E-state index in [1.807, 2.05) is 12.1 Å². The molecule has 0 aliphatic carbocycles. The van der Waals surface area contributed by atoms with E-state index in [0.717, 1.165) is 11.3 Å². The zero-order valence-corrected chi connectivity index (χ0v) is 7.06. The van der Waals surface area contributed by atoms with Crippen LogP contribution in [0.25, 0.3) is 11.5 Å². The molecule has 0 saturated carbocycles. The molecule has 5 heteroatoms. The van der Waals surface area contributed by atoms with Crippen molar-refractivity contribution in [1.29, 1.82) is 0 Å². The van der Waals surface area contributed by atoms with Crippen LogP contribution in [0, 0.1) is 6.39 Å². The third-order valence-electron chi connectivity index (χ3n) is 1.94. The molecule has 69 valence electrons. The Morgan fingerprint density at radius 3 is 3.00 bits per heavy atom. The monoisotopic (exact) mass is 189 g/mol. The normalized spacial score (nSPS) is 13.1. The Balaban J connectivity index is 2.09. The van der Waals surface area contributed by atoms with Crippen LogP contribution in [0.4, 0.5) is 0 Å². The topological polar surface area (TPSA) is 57.4 Å². The smallest absolute Gasteiger partial charge is 0.306 e. The Morgan fingerprint density at radius 2 is 2.14 bits per heavy atom. The maximum absolute atomic E-state index is 5.21. The number of hydrogen-bond acceptors (Lipinski definition) is 5. The van der Waals surface area contributed by atoms with Gasteiger partial charge in [0.05, 0.1) is 0 Å². The zero-order valence-electron chi connectivity index (χ0n) is 7.06. The maximum atomic E-state index is 5.21. The van der Waals surface area contributed by atoms with Crippen molar-refractivity contribution in [3.63, 3.8) is 0 Å². The Kier molecular flexibility index (Phi) is 1.44. The lowest BCUT2D eigenvalue weighted by molar-refractivity contribution is 0.174. The van der Waals surface area contributed by atoms with Gasteiger partial charge in [-0.3, -0.25) is 0 Å². The van der Waals surface area contributed by atoms with Crippen LogP contribution in [0.2, 0.25) is 0 Å². The molecule has 5 nitrogen and oxygen atoms in total. The quantitative estimate of drug-likeness (QED) is 0.676. The van der Waals surface area contributed by atoms with E-state index in [-0.39, 0.29) is 6.79 Å². The first-order chi connectivity index (χ1) is 6.93. The predicted octanol–water partition coefficient (Wildman–Crippen LogP) is 1.27. The molecule has 2 aromatic rings. The number of rotatable bonds is 1. The minimum atomic E-state index is 0.259. The summed E-state index contributed by atoms with van der Waals surface area (Å²) in [5.74, 6) is 1.85. The van der Waals surface area contributed by atoms with Gasteiger partial charge in [0, 0.05) is 5.56 Å². The van der Waals surface area contributed by atoms with Crippen LogP contribution >= 0.6 is 0 Å². The molecule has 1 aliphatic heterocycles. The van der Waals surface area contributed by atoms with Gasteiger partial charge >= 0.3 is 6.39 Å². The van der Waals surface area contributed by atoms with Crippen molar-refractivity contribution in [2.75, 3.05) is 6.79 Å². The summed E-state index contributed by atoms with van der Waals surface area (Å²) in [6.45, 7) is 0.259. The van der Waals surface area contributed by atoms with Crippen molar-refractivity contribution in [3.05, 3.63) is 24.6 Å². The number of nitrogens with zero attached hydrogens (tertiary/aromatic N) is 2. The maximum Gasteiger partial charge on any atom is 0.306 e. The van der Waals surface area contributed by atoms with Gasteiger partial charge in [-0.25, -0.2) is 0 Å². The van der Waals surface area contributed by atoms with Crippen LogP contribution in [0.1, 0.15) is 0 Å². The van der Waals surface area contributed by atoms with Crippen LogP contribution in [0.5, 0.6) is 11.5 Å². The third-order valence-corrected chi connectivity index (χ3v) is 1.94. The van der Waals surface area contributed by atoms with E-state index in [9.17, 15) is 0 Å². The lowest BCUT2D eigenvalue weighted by atomic mass is 10.2. The molecule has 0 unspecified atom stereocenters. The van der Waals surface area contributed by atoms with E-state index >= 15 is 0 Å². The molecule has 0 fully saturated rings. The molecule has 1 aliphatic rings. The largest absolute Gasteiger partial charge is 0.454 e. The first-order valence-electron chi connectivity index (χ1n) is 4.03. The Hall–Kier alpha value is -2.04. The van der Waals surface area contributed by atoms with Crippen LogP contribution < -0.4 is 9.47 Å². The summed E-state index contributed by atoms with van der Waals surface area (Å²) in [4.78, 5) is 0. The van der Waals surface area contributed by atoms with Crippen LogP contribution in [-0.4, -0.2) is 17.0 Å². The highest BCUT2D eigenvalue weighted by atomic mass is 16.7. The molecular weight excluding hydrogens is 184 g/mol. The molecule has 0 atom stereocenters. The van der Waals surface area contributed by atoms with Crippen molar-refractivity contribution in [2.45, 2.75) is 0 Å². The van der Waals surface area contributed by atoms with Crippen LogP contribution in [0.15, 0.2) is 22.6 Å². The number of hydrogen-bond donors (Lipinski definition) is 0. The molecule has 0 spiro atoms. The summed E-state index contributed by atoms with van der Waals surface area (Å²) in [6.07, 6.45) is 2.29. The predicted molar refractivity (Wildman–Crippen MR) is 44.7 cm³/mol. The van der Waals surface area contributed by atoms with Gasteiger partial charge in [0.1, 0.15) is 0 Å². The number of benzene rings is 1. The van der Waals surface area contributed by atoms with Crippen molar-refractivity contribution in [2.24, 2.45) is 0 Å². The SMILES string of the molecule is [c]1nnc(-c2ccc3c(c2)OCO3)o1. The lowest BCUT2D eigenvalue weighted by Crippen LogP contribution is -1.92. The average Bonchev–Trinajstić information content (AvgIpc) is 2.88. The molecule has 0 amide bonds. The molecule has 0 bridgehead atoms. The molecule has 14 heavy (non-hydrogen) atoms. The van der Waals surface area contributed by atoms with Gasteiger partial charge in [-0.1, -0.05) is 0 Å². The minimum absolute atomic E-state index is 0.259. The van der Waals surface area contributed by atoms with E-state index in [4.69, 9.17) is 13.9 Å². The molecule has 0 saturated heterocycles. The summed E-state index contributed by atoms with van der Waals surface area (Å²) >= 11 is 0. The molecule has 2 heterocycles. The first kappa shape index (κ1) is 7.37. The van der Waals surface area contributed by atoms with Gasteiger partial charge in [-0.05, 0) is 18.2 Å². The van der Waals surface area contributed by atoms with E-state index in [2.05, 4.69) is 16.6 Å².